The van der Waals surface area contributed by atoms with Crippen LogP contribution in [0, 0.1) is 13.8 Å². The Bertz CT molecular complexity index is 619. The van der Waals surface area contributed by atoms with Gasteiger partial charge in [-0.25, -0.2) is 9.97 Å². The lowest BCUT2D eigenvalue weighted by Crippen LogP contribution is -2.26. The van der Waals surface area contributed by atoms with Gasteiger partial charge in [-0.1, -0.05) is 5.16 Å². The molecule has 112 valence electrons. The van der Waals surface area contributed by atoms with Crippen LogP contribution in [-0.4, -0.2) is 40.2 Å². The molecule has 21 heavy (non-hydrogen) atoms. The van der Waals surface area contributed by atoms with E-state index in [-0.39, 0.29) is 0 Å². The minimum Gasteiger partial charge on any atom is -0.481 e. The second kappa shape index (κ2) is 5.81. The molecule has 0 spiro atoms. The predicted octanol–water partition coefficient (Wildman–Crippen LogP) is 1.69. The van der Waals surface area contributed by atoms with Crippen molar-refractivity contribution in [3.63, 3.8) is 0 Å². The highest BCUT2D eigenvalue weighted by atomic mass is 16.5. The van der Waals surface area contributed by atoms with Gasteiger partial charge in [-0.3, -0.25) is 4.90 Å². The lowest BCUT2D eigenvalue weighted by molar-refractivity contribution is 0.275. The fourth-order valence-corrected chi connectivity index (χ4v) is 2.83. The Labute approximate surface area is 124 Å². The van der Waals surface area contributed by atoms with Crippen molar-refractivity contribution in [2.24, 2.45) is 0 Å². The zero-order chi connectivity index (χ0) is 14.8. The van der Waals surface area contributed by atoms with E-state index >= 15 is 0 Å². The third-order valence-corrected chi connectivity index (χ3v) is 4.09. The predicted molar refractivity (Wildman–Crippen MR) is 77.2 cm³/mol. The Hall–Kier alpha value is -1.95. The molecule has 6 nitrogen and oxygen atoms in total. The molecule has 0 saturated carbocycles. The number of methoxy groups -OCH3 is 1. The maximum atomic E-state index is 5.35. The van der Waals surface area contributed by atoms with E-state index in [0.29, 0.717) is 5.88 Å². The molecular formula is C15H20N4O2. The number of ether oxygens (including phenoxy) is 1. The summed E-state index contributed by atoms with van der Waals surface area (Å²) in [6.07, 6.45) is 3.40. The second-order valence-electron chi connectivity index (χ2n) is 5.39. The van der Waals surface area contributed by atoms with E-state index in [2.05, 4.69) is 20.0 Å². The molecule has 2 aromatic rings. The summed E-state index contributed by atoms with van der Waals surface area (Å²) in [6, 6.07) is 0. The van der Waals surface area contributed by atoms with Crippen molar-refractivity contribution in [1.82, 2.24) is 20.0 Å². The summed E-state index contributed by atoms with van der Waals surface area (Å²) in [5, 5.41) is 4.03. The van der Waals surface area contributed by atoms with Gasteiger partial charge in [0.25, 0.3) is 0 Å². The number of aryl methyl sites for hydroxylation is 2. The van der Waals surface area contributed by atoms with Crippen LogP contribution in [0.15, 0.2) is 10.9 Å². The lowest BCUT2D eigenvalue weighted by Gasteiger charge is -2.19. The monoisotopic (exact) mass is 288 g/mol. The highest BCUT2D eigenvalue weighted by Crippen LogP contribution is 2.23. The third-order valence-electron chi connectivity index (χ3n) is 4.09. The van der Waals surface area contributed by atoms with Gasteiger partial charge in [0.1, 0.15) is 12.1 Å². The van der Waals surface area contributed by atoms with Crippen LogP contribution in [0.2, 0.25) is 0 Å². The molecule has 1 aliphatic heterocycles. The number of aromatic nitrogens is 3. The summed E-state index contributed by atoms with van der Waals surface area (Å²) < 4.78 is 10.6. The lowest BCUT2D eigenvalue weighted by atomic mass is 10.1. The highest BCUT2D eigenvalue weighted by Gasteiger charge is 2.21. The second-order valence-corrected chi connectivity index (χ2v) is 5.39. The summed E-state index contributed by atoms with van der Waals surface area (Å²) >= 11 is 0. The number of rotatable bonds is 3. The molecule has 0 aliphatic carbocycles. The van der Waals surface area contributed by atoms with E-state index in [1.807, 2.05) is 13.8 Å². The van der Waals surface area contributed by atoms with Gasteiger partial charge in [0, 0.05) is 37.2 Å². The van der Waals surface area contributed by atoms with Gasteiger partial charge in [-0.2, -0.15) is 0 Å². The topological polar surface area (TPSA) is 64.3 Å². The van der Waals surface area contributed by atoms with Crippen molar-refractivity contribution in [3.8, 4) is 5.88 Å². The highest BCUT2D eigenvalue weighted by molar-refractivity contribution is 5.31. The Balaban J connectivity index is 1.76. The van der Waals surface area contributed by atoms with E-state index < -0.39 is 0 Å². The molecule has 0 atom stereocenters. The van der Waals surface area contributed by atoms with Gasteiger partial charge in [0.15, 0.2) is 0 Å². The summed E-state index contributed by atoms with van der Waals surface area (Å²) in [4.78, 5) is 11.0. The van der Waals surface area contributed by atoms with Crippen LogP contribution in [0.4, 0.5) is 0 Å². The van der Waals surface area contributed by atoms with Crippen molar-refractivity contribution < 1.29 is 9.26 Å². The van der Waals surface area contributed by atoms with Crippen LogP contribution in [0.5, 0.6) is 5.88 Å². The first kappa shape index (κ1) is 14.0. The van der Waals surface area contributed by atoms with Crippen LogP contribution in [-0.2, 0) is 19.4 Å². The number of nitrogens with zero attached hydrogens (tertiary/aromatic N) is 4. The maximum absolute atomic E-state index is 5.35. The molecule has 0 bridgehead atoms. The van der Waals surface area contributed by atoms with E-state index in [9.17, 15) is 0 Å². The summed E-state index contributed by atoms with van der Waals surface area (Å²) in [5.74, 6) is 1.62. The zero-order valence-electron chi connectivity index (χ0n) is 12.7. The van der Waals surface area contributed by atoms with Crippen LogP contribution in [0.1, 0.15) is 28.3 Å². The number of hydrogen-bond acceptors (Lipinski definition) is 6. The minimum atomic E-state index is 0.708. The first-order valence-electron chi connectivity index (χ1n) is 7.20. The standard InChI is InChI=1S/C15H20N4O2/c1-10-13(11(2)21-18-10)8-19-6-4-12-14(5-7-19)16-9-17-15(12)20-3/h9H,4-8H2,1-3H3. The van der Waals surface area contributed by atoms with Gasteiger partial charge in [0.2, 0.25) is 5.88 Å². The third kappa shape index (κ3) is 2.76. The minimum absolute atomic E-state index is 0.708. The Kier molecular flexibility index (Phi) is 3.88. The van der Waals surface area contributed by atoms with Crippen molar-refractivity contribution in [2.45, 2.75) is 33.2 Å². The van der Waals surface area contributed by atoms with Crippen LogP contribution in [0.3, 0.4) is 0 Å². The first-order chi connectivity index (χ1) is 10.2. The van der Waals surface area contributed by atoms with Gasteiger partial charge < -0.3 is 9.26 Å². The van der Waals surface area contributed by atoms with Gasteiger partial charge >= 0.3 is 0 Å². The first-order valence-corrected chi connectivity index (χ1v) is 7.20. The normalized spacial score (nSPS) is 15.6. The maximum Gasteiger partial charge on any atom is 0.219 e. The summed E-state index contributed by atoms with van der Waals surface area (Å²) in [5.41, 5.74) is 4.41. The van der Waals surface area contributed by atoms with Crippen molar-refractivity contribution in [3.05, 3.63) is 34.6 Å². The molecule has 0 fully saturated rings. The van der Waals surface area contributed by atoms with Crippen LogP contribution >= 0.6 is 0 Å². The molecule has 3 rings (SSSR count). The molecule has 0 N–H and O–H groups in total. The van der Waals surface area contributed by atoms with E-state index in [4.69, 9.17) is 9.26 Å². The quantitative estimate of drug-likeness (QED) is 0.856. The van der Waals surface area contributed by atoms with E-state index in [1.165, 1.54) is 5.56 Å². The molecule has 6 heteroatoms. The van der Waals surface area contributed by atoms with Crippen molar-refractivity contribution in [2.75, 3.05) is 20.2 Å². The van der Waals surface area contributed by atoms with Crippen LogP contribution < -0.4 is 4.74 Å². The smallest absolute Gasteiger partial charge is 0.219 e. The van der Waals surface area contributed by atoms with E-state index in [0.717, 1.165) is 55.2 Å². The number of fused-ring (bicyclic) bond motifs is 1. The molecule has 0 unspecified atom stereocenters. The molecule has 0 amide bonds. The average Bonchev–Trinajstić information content (AvgIpc) is 2.71. The SMILES string of the molecule is COc1ncnc2c1CCN(Cc1c(C)noc1C)CC2. The summed E-state index contributed by atoms with van der Waals surface area (Å²) in [6.45, 7) is 6.76. The molecule has 0 radical (unpaired) electrons. The molecule has 1 aliphatic rings. The van der Waals surface area contributed by atoms with Crippen molar-refractivity contribution >= 4 is 0 Å². The molecule has 0 saturated heterocycles. The Morgan fingerprint density at radius 3 is 2.76 bits per heavy atom. The van der Waals surface area contributed by atoms with Gasteiger partial charge in [-0.15, -0.1) is 0 Å². The summed E-state index contributed by atoms with van der Waals surface area (Å²) in [7, 11) is 1.66. The van der Waals surface area contributed by atoms with Gasteiger partial charge in [0.05, 0.1) is 18.5 Å². The van der Waals surface area contributed by atoms with Crippen molar-refractivity contribution in [1.29, 1.82) is 0 Å². The average molecular weight is 288 g/mol. The fourth-order valence-electron chi connectivity index (χ4n) is 2.83. The van der Waals surface area contributed by atoms with Gasteiger partial charge in [-0.05, 0) is 20.3 Å². The van der Waals surface area contributed by atoms with Crippen LogP contribution in [0.25, 0.3) is 0 Å². The zero-order valence-corrected chi connectivity index (χ0v) is 12.7. The molecule has 0 aromatic carbocycles. The Morgan fingerprint density at radius 2 is 2.05 bits per heavy atom. The fraction of sp³-hybridized carbons (Fsp3) is 0.533. The Morgan fingerprint density at radius 1 is 1.24 bits per heavy atom. The molecule has 3 heterocycles. The largest absolute Gasteiger partial charge is 0.481 e. The molecule has 2 aromatic heterocycles. The number of hydrogen-bond donors (Lipinski definition) is 0. The van der Waals surface area contributed by atoms with E-state index in [1.54, 1.807) is 13.4 Å². The molecular weight excluding hydrogens is 268 g/mol.